The summed E-state index contributed by atoms with van der Waals surface area (Å²) >= 11 is 0. The van der Waals surface area contributed by atoms with Crippen molar-refractivity contribution >= 4 is 22.0 Å². The molecule has 0 aromatic rings. The molecule has 8 heteroatoms. The minimum atomic E-state index is -3.50. The van der Waals surface area contributed by atoms with E-state index in [4.69, 9.17) is 10.2 Å². The lowest BCUT2D eigenvalue weighted by atomic mass is 10.3. The number of carboxylic acid groups (broad SMARTS) is 2. The predicted octanol–water partition coefficient (Wildman–Crippen LogP) is 0.758. The molecule has 112 valence electrons. The standard InChI is InChI=1S/C11H21NO6S/c1-2-3-9-19(17,18)12(8-6-11(15)16)7-4-5-10(13)14/h2-9H2,1H3,(H,13,14)(H,15,16). The number of hydrogen-bond acceptors (Lipinski definition) is 4. The maximum absolute atomic E-state index is 12.0. The fourth-order valence-electron chi connectivity index (χ4n) is 1.47. The van der Waals surface area contributed by atoms with Crippen LogP contribution in [-0.4, -0.2) is 53.7 Å². The van der Waals surface area contributed by atoms with Crippen molar-refractivity contribution in [3.05, 3.63) is 0 Å². The smallest absolute Gasteiger partial charge is 0.304 e. The van der Waals surface area contributed by atoms with Crippen LogP contribution in [0.4, 0.5) is 0 Å². The lowest BCUT2D eigenvalue weighted by molar-refractivity contribution is -0.138. The van der Waals surface area contributed by atoms with Gasteiger partial charge < -0.3 is 10.2 Å². The molecule has 0 radical (unpaired) electrons. The lowest BCUT2D eigenvalue weighted by Crippen LogP contribution is -2.35. The van der Waals surface area contributed by atoms with Gasteiger partial charge in [0, 0.05) is 19.5 Å². The molecule has 0 fully saturated rings. The Kier molecular flexibility index (Phi) is 8.33. The fourth-order valence-corrected chi connectivity index (χ4v) is 3.16. The SMILES string of the molecule is CCCCS(=O)(=O)N(CCCC(=O)O)CCC(=O)O. The summed E-state index contributed by atoms with van der Waals surface area (Å²) in [7, 11) is -3.50. The highest BCUT2D eigenvalue weighted by molar-refractivity contribution is 7.89. The summed E-state index contributed by atoms with van der Waals surface area (Å²) in [5.41, 5.74) is 0. The van der Waals surface area contributed by atoms with E-state index >= 15 is 0 Å². The molecular weight excluding hydrogens is 274 g/mol. The largest absolute Gasteiger partial charge is 0.481 e. The van der Waals surface area contributed by atoms with Crippen LogP contribution in [0.2, 0.25) is 0 Å². The van der Waals surface area contributed by atoms with Crippen LogP contribution >= 0.6 is 0 Å². The van der Waals surface area contributed by atoms with E-state index < -0.39 is 22.0 Å². The van der Waals surface area contributed by atoms with Crippen LogP contribution in [-0.2, 0) is 19.6 Å². The maximum Gasteiger partial charge on any atom is 0.304 e. The van der Waals surface area contributed by atoms with E-state index in [1.807, 2.05) is 6.92 Å². The first-order chi connectivity index (χ1) is 8.79. The molecule has 0 unspecified atom stereocenters. The zero-order chi connectivity index (χ0) is 14.9. The molecule has 0 aliphatic carbocycles. The minimum Gasteiger partial charge on any atom is -0.481 e. The van der Waals surface area contributed by atoms with Crippen molar-refractivity contribution in [3.8, 4) is 0 Å². The molecule has 0 rings (SSSR count). The number of sulfonamides is 1. The Morgan fingerprint density at radius 1 is 1.00 bits per heavy atom. The van der Waals surface area contributed by atoms with Gasteiger partial charge in [-0.15, -0.1) is 0 Å². The van der Waals surface area contributed by atoms with E-state index in [-0.39, 0.29) is 38.1 Å². The zero-order valence-corrected chi connectivity index (χ0v) is 11.9. The summed E-state index contributed by atoms with van der Waals surface area (Å²) in [5, 5.41) is 17.1. The van der Waals surface area contributed by atoms with Crippen LogP contribution in [0, 0.1) is 0 Å². The molecule has 0 heterocycles. The average Bonchev–Trinajstić information content (AvgIpc) is 2.30. The molecule has 0 bridgehead atoms. The normalized spacial score (nSPS) is 11.7. The summed E-state index contributed by atoms with van der Waals surface area (Å²) in [5.74, 6) is -2.10. The highest BCUT2D eigenvalue weighted by Gasteiger charge is 2.21. The summed E-state index contributed by atoms with van der Waals surface area (Å²) in [6, 6.07) is 0. The molecule has 7 nitrogen and oxygen atoms in total. The van der Waals surface area contributed by atoms with Gasteiger partial charge in [0.25, 0.3) is 0 Å². The van der Waals surface area contributed by atoms with Gasteiger partial charge in [-0.3, -0.25) is 9.59 Å². The second-order valence-corrected chi connectivity index (χ2v) is 6.30. The van der Waals surface area contributed by atoms with Gasteiger partial charge in [-0.1, -0.05) is 13.3 Å². The van der Waals surface area contributed by atoms with Crippen molar-refractivity contribution in [1.82, 2.24) is 4.31 Å². The minimum absolute atomic E-state index is 0.0316. The number of carbonyl (C=O) groups is 2. The van der Waals surface area contributed by atoms with Crippen molar-refractivity contribution < 1.29 is 28.2 Å². The third kappa shape index (κ3) is 8.55. The van der Waals surface area contributed by atoms with E-state index in [2.05, 4.69) is 0 Å². The quantitative estimate of drug-likeness (QED) is 0.582. The summed E-state index contributed by atoms with van der Waals surface area (Å²) in [6.45, 7) is 1.80. The Morgan fingerprint density at radius 3 is 2.05 bits per heavy atom. The molecule has 0 saturated carbocycles. The van der Waals surface area contributed by atoms with E-state index in [1.54, 1.807) is 0 Å². The predicted molar refractivity (Wildman–Crippen MR) is 69.4 cm³/mol. The highest BCUT2D eigenvalue weighted by atomic mass is 32.2. The molecule has 0 atom stereocenters. The van der Waals surface area contributed by atoms with Crippen molar-refractivity contribution in [2.75, 3.05) is 18.8 Å². The van der Waals surface area contributed by atoms with Crippen molar-refractivity contribution in [2.45, 2.75) is 39.0 Å². The second-order valence-electron chi connectivity index (χ2n) is 4.21. The van der Waals surface area contributed by atoms with Crippen LogP contribution in [0.25, 0.3) is 0 Å². The number of aliphatic carboxylic acids is 2. The summed E-state index contributed by atoms with van der Waals surface area (Å²) < 4.78 is 25.0. The Labute approximate surface area is 113 Å². The summed E-state index contributed by atoms with van der Waals surface area (Å²) in [6.07, 6.45) is 0.998. The van der Waals surface area contributed by atoms with E-state index in [1.165, 1.54) is 0 Å². The number of rotatable bonds is 11. The Balaban J connectivity index is 4.54. The first kappa shape index (κ1) is 17.8. The Hall–Kier alpha value is -1.15. The molecule has 2 N–H and O–H groups in total. The van der Waals surface area contributed by atoms with Gasteiger partial charge in [-0.05, 0) is 12.8 Å². The average molecular weight is 295 g/mol. The molecule has 0 spiro atoms. The van der Waals surface area contributed by atoms with Crippen LogP contribution < -0.4 is 0 Å². The summed E-state index contributed by atoms with van der Waals surface area (Å²) in [4.78, 5) is 20.9. The molecule has 0 saturated heterocycles. The van der Waals surface area contributed by atoms with Gasteiger partial charge >= 0.3 is 11.9 Å². The third-order valence-electron chi connectivity index (χ3n) is 2.52. The first-order valence-corrected chi connectivity index (χ1v) is 7.82. The molecule has 0 aromatic carbocycles. The Bertz CT molecular complexity index is 392. The van der Waals surface area contributed by atoms with E-state index in [0.717, 1.165) is 10.7 Å². The molecular formula is C11H21NO6S. The maximum atomic E-state index is 12.0. The first-order valence-electron chi connectivity index (χ1n) is 6.21. The van der Waals surface area contributed by atoms with Crippen LogP contribution in [0.5, 0.6) is 0 Å². The van der Waals surface area contributed by atoms with Gasteiger partial charge in [-0.2, -0.15) is 0 Å². The molecule has 19 heavy (non-hydrogen) atoms. The molecule has 0 aliphatic heterocycles. The van der Waals surface area contributed by atoms with Crippen molar-refractivity contribution in [3.63, 3.8) is 0 Å². The van der Waals surface area contributed by atoms with Crippen LogP contribution in [0.3, 0.4) is 0 Å². The number of carboxylic acids is 2. The van der Waals surface area contributed by atoms with Crippen LogP contribution in [0.1, 0.15) is 39.0 Å². The molecule has 0 aromatic heterocycles. The Morgan fingerprint density at radius 2 is 1.58 bits per heavy atom. The van der Waals surface area contributed by atoms with Gasteiger partial charge in [-0.25, -0.2) is 12.7 Å². The third-order valence-corrected chi connectivity index (χ3v) is 4.48. The highest BCUT2D eigenvalue weighted by Crippen LogP contribution is 2.08. The molecule has 0 amide bonds. The monoisotopic (exact) mass is 295 g/mol. The zero-order valence-electron chi connectivity index (χ0n) is 11.0. The van der Waals surface area contributed by atoms with E-state index in [0.29, 0.717) is 6.42 Å². The van der Waals surface area contributed by atoms with Gasteiger partial charge in [0.1, 0.15) is 0 Å². The number of nitrogens with zero attached hydrogens (tertiary/aromatic N) is 1. The van der Waals surface area contributed by atoms with Crippen LogP contribution in [0.15, 0.2) is 0 Å². The molecule has 0 aliphatic rings. The van der Waals surface area contributed by atoms with Gasteiger partial charge in [0.05, 0.1) is 12.2 Å². The second kappa shape index (κ2) is 8.87. The van der Waals surface area contributed by atoms with Crippen molar-refractivity contribution in [2.24, 2.45) is 0 Å². The van der Waals surface area contributed by atoms with Gasteiger partial charge in [0.15, 0.2) is 0 Å². The topological polar surface area (TPSA) is 112 Å². The fraction of sp³-hybridized carbons (Fsp3) is 0.818. The number of hydrogen-bond donors (Lipinski definition) is 2. The van der Waals surface area contributed by atoms with E-state index in [9.17, 15) is 18.0 Å². The van der Waals surface area contributed by atoms with Gasteiger partial charge in [0.2, 0.25) is 10.0 Å². The van der Waals surface area contributed by atoms with Crippen molar-refractivity contribution in [1.29, 1.82) is 0 Å². The number of unbranched alkanes of at least 4 members (excludes halogenated alkanes) is 1. The lowest BCUT2D eigenvalue weighted by Gasteiger charge is -2.21.